The number of aliphatic hydroxyl groups is 1. The van der Waals surface area contributed by atoms with Gasteiger partial charge in [-0.1, -0.05) is 19.1 Å². The second-order valence-corrected chi connectivity index (χ2v) is 8.13. The van der Waals surface area contributed by atoms with Crippen LogP contribution in [0.25, 0.3) is 0 Å². The Morgan fingerprint density at radius 3 is 2.73 bits per heavy atom. The lowest BCUT2D eigenvalue weighted by Crippen LogP contribution is -2.55. The van der Waals surface area contributed by atoms with Crippen LogP contribution < -0.4 is 0 Å². The summed E-state index contributed by atoms with van der Waals surface area (Å²) in [4.78, 5) is 24.1. The lowest BCUT2D eigenvalue weighted by Gasteiger charge is -2.56. The van der Waals surface area contributed by atoms with Gasteiger partial charge in [-0.15, -0.1) is 0 Å². The molecule has 0 saturated heterocycles. The van der Waals surface area contributed by atoms with E-state index in [9.17, 15) is 14.7 Å². The number of hydrogen-bond acceptors (Lipinski definition) is 3. The molecule has 4 aliphatic carbocycles. The van der Waals surface area contributed by atoms with Crippen molar-refractivity contribution >= 4 is 11.6 Å². The summed E-state index contributed by atoms with van der Waals surface area (Å²) < 4.78 is 0. The van der Waals surface area contributed by atoms with E-state index in [2.05, 4.69) is 19.1 Å². The van der Waals surface area contributed by atoms with Crippen molar-refractivity contribution in [1.82, 2.24) is 0 Å². The minimum Gasteiger partial charge on any atom is -0.392 e. The van der Waals surface area contributed by atoms with Crippen LogP contribution in [0.1, 0.15) is 46.0 Å². The van der Waals surface area contributed by atoms with E-state index in [1.54, 1.807) is 6.08 Å². The third-order valence-corrected chi connectivity index (χ3v) is 7.34. The zero-order chi connectivity index (χ0) is 15.7. The first-order chi connectivity index (χ1) is 10.4. The number of carbonyl (C=O) groups is 2. The quantitative estimate of drug-likeness (QED) is 0.748. The van der Waals surface area contributed by atoms with E-state index in [1.165, 1.54) is 0 Å². The number of rotatable bonds is 0. The lowest BCUT2D eigenvalue weighted by atomic mass is 9.48. The maximum absolute atomic E-state index is 12.4. The Kier molecular flexibility index (Phi) is 2.88. The fourth-order valence-electron chi connectivity index (χ4n) is 5.75. The summed E-state index contributed by atoms with van der Waals surface area (Å²) in [5.41, 5.74) is 0.541. The zero-order valence-electron chi connectivity index (χ0n) is 13.3. The van der Waals surface area contributed by atoms with Crippen LogP contribution in [0.15, 0.2) is 23.8 Å². The van der Waals surface area contributed by atoms with Gasteiger partial charge >= 0.3 is 0 Å². The molecule has 0 heterocycles. The van der Waals surface area contributed by atoms with Crippen molar-refractivity contribution in [3.8, 4) is 0 Å². The van der Waals surface area contributed by atoms with E-state index < -0.39 is 11.5 Å². The van der Waals surface area contributed by atoms with Crippen molar-refractivity contribution in [2.24, 2.45) is 28.6 Å². The molecule has 1 N–H and O–H groups in total. The molecule has 0 amide bonds. The molecular weight excluding hydrogens is 276 g/mol. The van der Waals surface area contributed by atoms with E-state index in [4.69, 9.17) is 0 Å². The molecule has 4 rings (SSSR count). The Hall–Kier alpha value is -1.22. The van der Waals surface area contributed by atoms with Crippen LogP contribution in [-0.4, -0.2) is 22.8 Å². The predicted octanol–water partition coefficient (Wildman–Crippen LogP) is 2.83. The van der Waals surface area contributed by atoms with E-state index in [1.807, 2.05) is 6.92 Å². The Balaban J connectivity index is 1.80. The number of carbonyl (C=O) groups excluding carboxylic acids is 2. The molecule has 6 atom stereocenters. The first-order valence-corrected chi connectivity index (χ1v) is 8.52. The molecule has 0 aromatic heterocycles. The number of allylic oxidation sites excluding steroid dienone is 4. The van der Waals surface area contributed by atoms with Gasteiger partial charge in [0.05, 0.1) is 11.5 Å². The van der Waals surface area contributed by atoms with Gasteiger partial charge in [-0.3, -0.25) is 9.59 Å². The summed E-state index contributed by atoms with van der Waals surface area (Å²) >= 11 is 0. The predicted molar refractivity (Wildman–Crippen MR) is 83.0 cm³/mol. The molecule has 2 saturated carbocycles. The number of ketones is 2. The van der Waals surface area contributed by atoms with Crippen molar-refractivity contribution in [2.75, 3.05) is 0 Å². The highest BCUT2D eigenvalue weighted by Crippen LogP contribution is 2.62. The van der Waals surface area contributed by atoms with Crippen LogP contribution in [0.4, 0.5) is 0 Å². The highest BCUT2D eigenvalue weighted by atomic mass is 16.3. The van der Waals surface area contributed by atoms with Crippen molar-refractivity contribution in [3.63, 3.8) is 0 Å². The minimum absolute atomic E-state index is 0.0265. The molecule has 2 fully saturated rings. The first-order valence-electron chi connectivity index (χ1n) is 8.52. The van der Waals surface area contributed by atoms with Gasteiger partial charge in [-0.05, 0) is 61.0 Å². The van der Waals surface area contributed by atoms with Gasteiger partial charge < -0.3 is 5.11 Å². The first kappa shape index (κ1) is 14.4. The van der Waals surface area contributed by atoms with Crippen LogP contribution in [0.2, 0.25) is 0 Å². The third-order valence-electron chi connectivity index (χ3n) is 7.34. The summed E-state index contributed by atoms with van der Waals surface area (Å²) in [5, 5.41) is 10.8. The summed E-state index contributed by atoms with van der Waals surface area (Å²) in [6, 6.07) is 0. The Morgan fingerprint density at radius 1 is 1.18 bits per heavy atom. The Morgan fingerprint density at radius 2 is 1.95 bits per heavy atom. The van der Waals surface area contributed by atoms with Crippen molar-refractivity contribution in [3.05, 3.63) is 23.8 Å². The maximum atomic E-state index is 12.4. The molecule has 3 heteroatoms. The number of aliphatic hydroxyl groups excluding tert-OH is 1. The van der Waals surface area contributed by atoms with Crippen molar-refractivity contribution in [2.45, 2.75) is 52.1 Å². The highest BCUT2D eigenvalue weighted by molar-refractivity contribution is 5.92. The molecular formula is C19H24O3. The number of fused-ring (bicyclic) bond motifs is 5. The van der Waals surface area contributed by atoms with Crippen LogP contribution >= 0.6 is 0 Å². The van der Waals surface area contributed by atoms with Gasteiger partial charge in [0, 0.05) is 12.8 Å². The summed E-state index contributed by atoms with van der Waals surface area (Å²) in [7, 11) is 0. The Labute approximate surface area is 131 Å². The second-order valence-electron chi connectivity index (χ2n) is 8.13. The van der Waals surface area contributed by atoms with Crippen LogP contribution in [0.5, 0.6) is 0 Å². The normalized spacial score (nSPS) is 50.2. The smallest absolute Gasteiger partial charge is 0.156 e. The number of hydrogen-bond donors (Lipinski definition) is 1. The molecule has 0 aromatic rings. The zero-order valence-corrected chi connectivity index (χ0v) is 13.3. The van der Waals surface area contributed by atoms with Gasteiger partial charge in [-0.2, -0.15) is 0 Å². The van der Waals surface area contributed by atoms with Crippen molar-refractivity contribution in [1.29, 1.82) is 0 Å². The SMILES string of the molecule is CC12CCC(=O)C=C1C=CC1C2CC(O)C2(C)C(=O)CCC12. The van der Waals surface area contributed by atoms with Crippen LogP contribution in [-0.2, 0) is 9.59 Å². The van der Waals surface area contributed by atoms with Gasteiger partial charge in [0.2, 0.25) is 0 Å². The average molecular weight is 300 g/mol. The second kappa shape index (κ2) is 4.41. The van der Waals surface area contributed by atoms with Crippen molar-refractivity contribution < 1.29 is 14.7 Å². The molecule has 6 unspecified atom stereocenters. The molecule has 0 bridgehead atoms. The maximum Gasteiger partial charge on any atom is 0.156 e. The number of Topliss-reactive ketones (excluding diaryl/α,β-unsaturated/α-hetero) is 1. The van der Waals surface area contributed by atoms with Crippen LogP contribution in [0, 0.1) is 28.6 Å². The molecule has 4 aliphatic rings. The molecule has 0 aliphatic heterocycles. The van der Waals surface area contributed by atoms with Gasteiger partial charge in [0.15, 0.2) is 5.78 Å². The minimum atomic E-state index is -0.562. The molecule has 0 radical (unpaired) electrons. The third kappa shape index (κ3) is 1.61. The Bertz CT molecular complexity index is 616. The standard InChI is InChI=1S/C19H24O3/c1-18-8-7-12(20)9-11(18)3-4-13-14-5-6-16(21)19(14,2)17(22)10-15(13)18/h3-4,9,13-15,17,22H,5-8,10H2,1-2H3. The largest absolute Gasteiger partial charge is 0.392 e. The molecule has 22 heavy (non-hydrogen) atoms. The van der Waals surface area contributed by atoms with Gasteiger partial charge in [0.1, 0.15) is 5.78 Å². The molecule has 118 valence electrons. The fraction of sp³-hybridized carbons (Fsp3) is 0.684. The van der Waals surface area contributed by atoms with E-state index in [0.29, 0.717) is 31.1 Å². The van der Waals surface area contributed by atoms with Gasteiger partial charge in [-0.25, -0.2) is 0 Å². The topological polar surface area (TPSA) is 54.4 Å². The van der Waals surface area contributed by atoms with Gasteiger partial charge in [0.25, 0.3) is 0 Å². The summed E-state index contributed by atoms with van der Waals surface area (Å²) in [6.45, 7) is 4.22. The van der Waals surface area contributed by atoms with E-state index in [0.717, 1.165) is 18.4 Å². The summed E-state index contributed by atoms with van der Waals surface area (Å²) in [5.74, 6) is 1.40. The average Bonchev–Trinajstić information content (AvgIpc) is 2.79. The highest BCUT2D eigenvalue weighted by Gasteiger charge is 2.61. The molecule has 3 nitrogen and oxygen atoms in total. The van der Waals surface area contributed by atoms with E-state index in [-0.39, 0.29) is 22.9 Å². The summed E-state index contributed by atoms with van der Waals surface area (Å²) in [6.07, 6.45) is 9.26. The molecule has 0 aromatic carbocycles. The fourth-order valence-corrected chi connectivity index (χ4v) is 5.75. The lowest BCUT2D eigenvalue weighted by molar-refractivity contribution is -0.145. The monoisotopic (exact) mass is 300 g/mol. The van der Waals surface area contributed by atoms with Crippen LogP contribution in [0.3, 0.4) is 0 Å². The van der Waals surface area contributed by atoms with E-state index >= 15 is 0 Å². The molecule has 0 spiro atoms.